The summed E-state index contributed by atoms with van der Waals surface area (Å²) in [5.41, 5.74) is -0.336. The van der Waals surface area contributed by atoms with E-state index in [0.29, 0.717) is 12.3 Å². The molecule has 0 amide bonds. The quantitative estimate of drug-likeness (QED) is 0.456. The maximum Gasteiger partial charge on any atom is 0.0999 e. The molecule has 0 fully saturated rings. The lowest BCUT2D eigenvalue weighted by Gasteiger charge is -2.21. The van der Waals surface area contributed by atoms with E-state index in [1.54, 1.807) is 37.1 Å². The van der Waals surface area contributed by atoms with E-state index in [9.17, 15) is 4.39 Å². The van der Waals surface area contributed by atoms with Crippen LogP contribution < -0.4 is 0 Å². The number of halogens is 1. The Bertz CT molecular complexity index is 306. The van der Waals surface area contributed by atoms with E-state index in [1.165, 1.54) is 0 Å². The standard InChI is InChI=1S/C9H14FN3O/c1-9(2,6-10)8(12-14)5-13-4-3-11-7-13/h3-4,7,14H,5-6H2,1-2H3/b12-8-. The van der Waals surface area contributed by atoms with Gasteiger partial charge in [0.05, 0.1) is 25.3 Å². The van der Waals surface area contributed by atoms with Gasteiger partial charge in [0.15, 0.2) is 0 Å². The second-order valence-corrected chi connectivity index (χ2v) is 3.80. The Labute approximate surface area is 82.1 Å². The van der Waals surface area contributed by atoms with E-state index in [1.807, 2.05) is 0 Å². The van der Waals surface area contributed by atoms with E-state index in [0.717, 1.165) is 0 Å². The minimum Gasteiger partial charge on any atom is -0.411 e. The fraction of sp³-hybridized carbons (Fsp3) is 0.556. The predicted molar refractivity (Wildman–Crippen MR) is 51.2 cm³/mol. The van der Waals surface area contributed by atoms with Crippen molar-refractivity contribution in [2.45, 2.75) is 20.4 Å². The van der Waals surface area contributed by atoms with Crippen molar-refractivity contribution >= 4 is 5.71 Å². The Kier molecular flexibility index (Phi) is 3.22. The van der Waals surface area contributed by atoms with Crippen molar-refractivity contribution in [2.24, 2.45) is 10.6 Å². The highest BCUT2D eigenvalue weighted by Crippen LogP contribution is 2.19. The summed E-state index contributed by atoms with van der Waals surface area (Å²) in [4.78, 5) is 3.85. The molecule has 0 saturated carbocycles. The molecule has 1 aromatic heterocycles. The first-order valence-corrected chi connectivity index (χ1v) is 4.33. The van der Waals surface area contributed by atoms with Gasteiger partial charge in [0, 0.05) is 17.8 Å². The van der Waals surface area contributed by atoms with Crippen molar-refractivity contribution in [3.8, 4) is 0 Å². The van der Waals surface area contributed by atoms with Crippen molar-refractivity contribution in [2.75, 3.05) is 6.67 Å². The third-order valence-corrected chi connectivity index (χ3v) is 2.13. The van der Waals surface area contributed by atoms with Gasteiger partial charge < -0.3 is 9.77 Å². The molecule has 4 nitrogen and oxygen atoms in total. The van der Waals surface area contributed by atoms with Gasteiger partial charge in [0.25, 0.3) is 0 Å². The predicted octanol–water partition coefficient (Wildman–Crippen LogP) is 1.71. The molecule has 1 aromatic rings. The topological polar surface area (TPSA) is 50.4 Å². The zero-order valence-corrected chi connectivity index (χ0v) is 8.31. The molecule has 14 heavy (non-hydrogen) atoms. The molecule has 1 heterocycles. The number of alkyl halides is 1. The Morgan fingerprint density at radius 2 is 2.36 bits per heavy atom. The average Bonchev–Trinajstić information content (AvgIpc) is 2.66. The van der Waals surface area contributed by atoms with E-state index < -0.39 is 12.1 Å². The van der Waals surface area contributed by atoms with Gasteiger partial charge in [-0.3, -0.25) is 4.39 Å². The van der Waals surface area contributed by atoms with Crippen molar-refractivity contribution in [1.82, 2.24) is 9.55 Å². The Morgan fingerprint density at radius 1 is 1.64 bits per heavy atom. The van der Waals surface area contributed by atoms with Crippen LogP contribution in [-0.4, -0.2) is 27.1 Å². The van der Waals surface area contributed by atoms with Crippen LogP contribution in [-0.2, 0) is 6.54 Å². The lowest BCUT2D eigenvalue weighted by atomic mass is 9.89. The van der Waals surface area contributed by atoms with Gasteiger partial charge in [-0.25, -0.2) is 4.98 Å². The average molecular weight is 199 g/mol. The SMILES string of the molecule is CC(C)(CF)/C(Cn1ccnc1)=N\O. The summed E-state index contributed by atoms with van der Waals surface area (Å²) in [7, 11) is 0. The maximum absolute atomic E-state index is 12.6. The van der Waals surface area contributed by atoms with Crippen LogP contribution in [0, 0.1) is 5.41 Å². The number of imidazole rings is 1. The first-order chi connectivity index (χ1) is 6.60. The van der Waals surface area contributed by atoms with Crippen LogP contribution in [0.2, 0.25) is 0 Å². The van der Waals surface area contributed by atoms with Crippen molar-refractivity contribution < 1.29 is 9.60 Å². The summed E-state index contributed by atoms with van der Waals surface area (Å²) in [6.07, 6.45) is 4.95. The number of nitrogens with zero attached hydrogens (tertiary/aromatic N) is 3. The highest BCUT2D eigenvalue weighted by atomic mass is 19.1. The van der Waals surface area contributed by atoms with Crippen molar-refractivity contribution in [3.05, 3.63) is 18.7 Å². The summed E-state index contributed by atoms with van der Waals surface area (Å²) >= 11 is 0. The van der Waals surface area contributed by atoms with Gasteiger partial charge in [-0.2, -0.15) is 0 Å². The summed E-state index contributed by atoms with van der Waals surface area (Å²) < 4.78 is 14.3. The second-order valence-electron chi connectivity index (χ2n) is 3.80. The molecule has 0 atom stereocenters. The second kappa shape index (κ2) is 4.21. The molecule has 78 valence electrons. The normalized spacial score (nSPS) is 13.2. The molecule has 1 N–H and O–H groups in total. The first-order valence-electron chi connectivity index (χ1n) is 4.33. The van der Waals surface area contributed by atoms with Crippen LogP contribution in [0.1, 0.15) is 13.8 Å². The molecule has 0 unspecified atom stereocenters. The molecule has 0 spiro atoms. The Balaban J connectivity index is 2.75. The molecule has 5 heteroatoms. The van der Waals surface area contributed by atoms with Crippen molar-refractivity contribution in [1.29, 1.82) is 0 Å². The molecule has 0 aromatic carbocycles. The zero-order valence-electron chi connectivity index (χ0n) is 8.31. The number of rotatable bonds is 4. The van der Waals surface area contributed by atoms with Crippen LogP contribution in [0.3, 0.4) is 0 Å². The molecule has 0 aliphatic carbocycles. The smallest absolute Gasteiger partial charge is 0.0999 e. The lowest BCUT2D eigenvalue weighted by molar-refractivity contribution is 0.287. The Hall–Kier alpha value is -1.39. The minimum atomic E-state index is -0.737. The number of oxime groups is 1. The maximum atomic E-state index is 12.6. The van der Waals surface area contributed by atoms with Crippen LogP contribution in [0.4, 0.5) is 4.39 Å². The molecular formula is C9H14FN3O. The molecule has 0 aliphatic rings. The minimum absolute atomic E-state index is 0.355. The summed E-state index contributed by atoms with van der Waals surface area (Å²) in [5.74, 6) is 0. The number of aromatic nitrogens is 2. The first kappa shape index (κ1) is 10.7. The summed E-state index contributed by atoms with van der Waals surface area (Å²) in [5, 5.41) is 11.9. The Morgan fingerprint density at radius 3 is 2.79 bits per heavy atom. The van der Waals surface area contributed by atoms with Crippen molar-refractivity contribution in [3.63, 3.8) is 0 Å². The van der Waals surface area contributed by atoms with Gasteiger partial charge in [0.2, 0.25) is 0 Å². The van der Waals surface area contributed by atoms with Crippen LogP contribution in [0.5, 0.6) is 0 Å². The fourth-order valence-corrected chi connectivity index (χ4v) is 1.01. The molecule has 0 radical (unpaired) electrons. The zero-order chi connectivity index (χ0) is 10.6. The highest BCUT2D eigenvalue weighted by molar-refractivity contribution is 5.89. The summed E-state index contributed by atoms with van der Waals surface area (Å²) in [6, 6.07) is 0. The van der Waals surface area contributed by atoms with Gasteiger partial charge in [-0.05, 0) is 0 Å². The van der Waals surface area contributed by atoms with E-state index in [4.69, 9.17) is 5.21 Å². The summed E-state index contributed by atoms with van der Waals surface area (Å²) in [6.45, 7) is 3.19. The van der Waals surface area contributed by atoms with Crippen LogP contribution in [0.25, 0.3) is 0 Å². The molecule has 0 saturated heterocycles. The highest BCUT2D eigenvalue weighted by Gasteiger charge is 2.25. The van der Waals surface area contributed by atoms with Gasteiger partial charge in [0.1, 0.15) is 0 Å². The lowest BCUT2D eigenvalue weighted by Crippen LogP contribution is -2.30. The van der Waals surface area contributed by atoms with Crippen LogP contribution in [0.15, 0.2) is 23.9 Å². The third kappa shape index (κ3) is 2.31. The molecule has 1 rings (SSSR count). The van der Waals surface area contributed by atoms with E-state index >= 15 is 0 Å². The van der Waals surface area contributed by atoms with Gasteiger partial charge in [-0.1, -0.05) is 19.0 Å². The number of hydrogen-bond donors (Lipinski definition) is 1. The third-order valence-electron chi connectivity index (χ3n) is 2.13. The largest absolute Gasteiger partial charge is 0.411 e. The monoisotopic (exact) mass is 199 g/mol. The fourth-order valence-electron chi connectivity index (χ4n) is 1.01. The molecular weight excluding hydrogens is 185 g/mol. The molecule has 0 bridgehead atoms. The van der Waals surface area contributed by atoms with E-state index in [-0.39, 0.29) is 0 Å². The van der Waals surface area contributed by atoms with Crippen LogP contribution >= 0.6 is 0 Å². The van der Waals surface area contributed by atoms with E-state index in [2.05, 4.69) is 10.1 Å². The molecule has 0 aliphatic heterocycles. The number of hydrogen-bond acceptors (Lipinski definition) is 3. The van der Waals surface area contributed by atoms with Gasteiger partial charge >= 0.3 is 0 Å². The van der Waals surface area contributed by atoms with Gasteiger partial charge in [-0.15, -0.1) is 0 Å².